The molecule has 0 aliphatic carbocycles. The number of hydrazine groups is 1. The highest BCUT2D eigenvalue weighted by molar-refractivity contribution is 6.30. The van der Waals surface area contributed by atoms with Crippen molar-refractivity contribution in [3.05, 3.63) is 29.3 Å². The molecule has 0 saturated carbocycles. The first kappa shape index (κ1) is 15.6. The second-order valence-corrected chi connectivity index (χ2v) is 5.41. The van der Waals surface area contributed by atoms with Crippen LogP contribution in [0.4, 0.5) is 5.69 Å². The molecular weight excluding hydrogens is 292 g/mol. The lowest BCUT2D eigenvalue weighted by Crippen LogP contribution is -2.51. The SMILES string of the molecule is CC(=O)NNC(=O)CN1CCN(c2cccc(Cl)c2)CC1. The Balaban J connectivity index is 1.78. The first-order chi connectivity index (χ1) is 10.0. The number of anilines is 1. The molecule has 2 N–H and O–H groups in total. The highest BCUT2D eigenvalue weighted by Gasteiger charge is 2.19. The lowest BCUT2D eigenvalue weighted by Gasteiger charge is -2.35. The van der Waals surface area contributed by atoms with Crippen LogP contribution < -0.4 is 15.8 Å². The minimum Gasteiger partial charge on any atom is -0.369 e. The first-order valence-corrected chi connectivity index (χ1v) is 7.20. The third-order valence-corrected chi connectivity index (χ3v) is 3.53. The van der Waals surface area contributed by atoms with Gasteiger partial charge in [-0.1, -0.05) is 17.7 Å². The zero-order chi connectivity index (χ0) is 15.2. The largest absolute Gasteiger partial charge is 0.369 e. The summed E-state index contributed by atoms with van der Waals surface area (Å²) in [7, 11) is 0. The van der Waals surface area contributed by atoms with Crippen molar-refractivity contribution in [1.29, 1.82) is 0 Å². The highest BCUT2D eigenvalue weighted by atomic mass is 35.5. The second-order valence-electron chi connectivity index (χ2n) is 4.97. The predicted molar refractivity (Wildman–Crippen MR) is 82.1 cm³/mol. The van der Waals surface area contributed by atoms with Crippen molar-refractivity contribution < 1.29 is 9.59 Å². The molecule has 2 amide bonds. The van der Waals surface area contributed by atoms with Crippen molar-refractivity contribution in [3.8, 4) is 0 Å². The van der Waals surface area contributed by atoms with Gasteiger partial charge in [0, 0.05) is 43.8 Å². The van der Waals surface area contributed by atoms with Crippen LogP contribution in [0.3, 0.4) is 0 Å². The summed E-state index contributed by atoms with van der Waals surface area (Å²) < 4.78 is 0. The van der Waals surface area contributed by atoms with E-state index >= 15 is 0 Å². The zero-order valence-electron chi connectivity index (χ0n) is 11.9. The van der Waals surface area contributed by atoms with E-state index in [0.717, 1.165) is 36.9 Å². The molecule has 6 nitrogen and oxygen atoms in total. The van der Waals surface area contributed by atoms with E-state index in [1.54, 1.807) is 0 Å². The maximum atomic E-state index is 11.6. The number of nitrogens with one attached hydrogen (secondary N) is 2. The summed E-state index contributed by atoms with van der Waals surface area (Å²) >= 11 is 6.00. The molecule has 1 aliphatic heterocycles. The van der Waals surface area contributed by atoms with Crippen molar-refractivity contribution in [1.82, 2.24) is 15.8 Å². The van der Waals surface area contributed by atoms with Crippen molar-refractivity contribution >= 4 is 29.1 Å². The van der Waals surface area contributed by atoms with Crippen molar-refractivity contribution in [3.63, 3.8) is 0 Å². The average molecular weight is 311 g/mol. The third kappa shape index (κ3) is 4.91. The Morgan fingerprint density at radius 3 is 2.52 bits per heavy atom. The summed E-state index contributed by atoms with van der Waals surface area (Å²) in [6.07, 6.45) is 0. The number of hydrogen-bond donors (Lipinski definition) is 2. The molecule has 0 atom stereocenters. The van der Waals surface area contributed by atoms with Crippen LogP contribution >= 0.6 is 11.6 Å². The normalized spacial score (nSPS) is 15.6. The van der Waals surface area contributed by atoms with E-state index in [-0.39, 0.29) is 18.4 Å². The van der Waals surface area contributed by atoms with Crippen LogP contribution in [-0.2, 0) is 9.59 Å². The van der Waals surface area contributed by atoms with Crippen LogP contribution in [0.1, 0.15) is 6.92 Å². The fourth-order valence-electron chi connectivity index (χ4n) is 2.24. The Morgan fingerprint density at radius 2 is 1.90 bits per heavy atom. The van der Waals surface area contributed by atoms with Crippen LogP contribution in [-0.4, -0.2) is 49.4 Å². The molecule has 1 aliphatic rings. The lowest BCUT2D eigenvalue weighted by molar-refractivity contribution is -0.128. The molecule has 114 valence electrons. The molecule has 0 unspecified atom stereocenters. The van der Waals surface area contributed by atoms with Gasteiger partial charge in [0.25, 0.3) is 5.91 Å². The Kier molecular flexibility index (Phi) is 5.41. The van der Waals surface area contributed by atoms with E-state index in [0.29, 0.717) is 0 Å². The number of hydrogen-bond acceptors (Lipinski definition) is 4. The topological polar surface area (TPSA) is 64.7 Å². The van der Waals surface area contributed by atoms with Gasteiger partial charge in [-0.05, 0) is 18.2 Å². The van der Waals surface area contributed by atoms with E-state index in [1.165, 1.54) is 6.92 Å². The molecule has 1 saturated heterocycles. The monoisotopic (exact) mass is 310 g/mol. The summed E-state index contributed by atoms with van der Waals surface area (Å²) in [5.74, 6) is -0.490. The number of amides is 2. The molecule has 0 radical (unpaired) electrons. The van der Waals surface area contributed by atoms with E-state index in [2.05, 4.69) is 20.7 Å². The fraction of sp³-hybridized carbons (Fsp3) is 0.429. The van der Waals surface area contributed by atoms with Gasteiger partial charge in [0.05, 0.1) is 6.54 Å². The number of halogens is 1. The minimum absolute atomic E-state index is 0.207. The van der Waals surface area contributed by atoms with Crippen LogP contribution in [0, 0.1) is 0 Å². The number of carbonyl (C=O) groups is 2. The van der Waals surface area contributed by atoms with Gasteiger partial charge in [-0.2, -0.15) is 0 Å². The van der Waals surface area contributed by atoms with Crippen molar-refractivity contribution in [2.24, 2.45) is 0 Å². The molecule has 1 aromatic carbocycles. The van der Waals surface area contributed by atoms with E-state index in [9.17, 15) is 9.59 Å². The predicted octanol–water partition coefficient (Wildman–Crippen LogP) is 0.629. The second kappa shape index (κ2) is 7.28. The van der Waals surface area contributed by atoms with Crippen molar-refractivity contribution in [2.75, 3.05) is 37.6 Å². The summed E-state index contributed by atoms with van der Waals surface area (Å²) in [4.78, 5) is 26.6. The molecular formula is C14H19ClN4O2. The van der Waals surface area contributed by atoms with E-state index in [1.807, 2.05) is 24.3 Å². The average Bonchev–Trinajstić information content (AvgIpc) is 2.46. The molecule has 1 aromatic rings. The molecule has 7 heteroatoms. The van der Waals surface area contributed by atoms with Gasteiger partial charge >= 0.3 is 0 Å². The smallest absolute Gasteiger partial charge is 0.252 e. The van der Waals surface area contributed by atoms with Gasteiger partial charge in [0.2, 0.25) is 5.91 Å². The molecule has 1 fully saturated rings. The fourth-order valence-corrected chi connectivity index (χ4v) is 2.42. The molecule has 21 heavy (non-hydrogen) atoms. The summed E-state index contributed by atoms with van der Waals surface area (Å²) in [6.45, 7) is 4.90. The maximum Gasteiger partial charge on any atom is 0.252 e. The number of piperazine rings is 1. The quantitative estimate of drug-likeness (QED) is 0.804. The van der Waals surface area contributed by atoms with Crippen molar-refractivity contribution in [2.45, 2.75) is 6.92 Å². The summed E-state index contributed by atoms with van der Waals surface area (Å²) in [5, 5.41) is 0.726. The summed E-state index contributed by atoms with van der Waals surface area (Å²) in [6, 6.07) is 7.77. The molecule has 1 heterocycles. The van der Waals surface area contributed by atoms with Gasteiger partial charge in [-0.15, -0.1) is 0 Å². The van der Waals surface area contributed by atoms with Crippen LogP contribution in [0.5, 0.6) is 0 Å². The first-order valence-electron chi connectivity index (χ1n) is 6.83. The Hall–Kier alpha value is -1.79. The molecule has 0 spiro atoms. The van der Waals surface area contributed by atoms with E-state index < -0.39 is 0 Å². The molecule has 0 aromatic heterocycles. The van der Waals surface area contributed by atoms with Gasteiger partial charge in [0.1, 0.15) is 0 Å². The molecule has 0 bridgehead atoms. The van der Waals surface area contributed by atoms with Gasteiger partial charge in [-0.3, -0.25) is 25.3 Å². The maximum absolute atomic E-state index is 11.6. The molecule has 2 rings (SSSR count). The zero-order valence-corrected chi connectivity index (χ0v) is 12.7. The number of benzene rings is 1. The Morgan fingerprint density at radius 1 is 1.19 bits per heavy atom. The lowest BCUT2D eigenvalue weighted by atomic mass is 10.2. The number of carbonyl (C=O) groups excluding carboxylic acids is 2. The highest BCUT2D eigenvalue weighted by Crippen LogP contribution is 2.20. The van der Waals surface area contributed by atoms with Crippen LogP contribution in [0.2, 0.25) is 5.02 Å². The third-order valence-electron chi connectivity index (χ3n) is 3.29. The van der Waals surface area contributed by atoms with Crippen LogP contribution in [0.25, 0.3) is 0 Å². The number of nitrogens with zero attached hydrogens (tertiary/aromatic N) is 2. The Bertz CT molecular complexity index is 515. The summed E-state index contributed by atoms with van der Waals surface area (Å²) in [5.41, 5.74) is 5.76. The minimum atomic E-state index is -0.283. The van der Waals surface area contributed by atoms with Crippen LogP contribution in [0.15, 0.2) is 24.3 Å². The number of rotatable bonds is 3. The van der Waals surface area contributed by atoms with Gasteiger partial charge < -0.3 is 4.90 Å². The van der Waals surface area contributed by atoms with Gasteiger partial charge in [-0.25, -0.2) is 0 Å². The van der Waals surface area contributed by atoms with Gasteiger partial charge in [0.15, 0.2) is 0 Å². The standard InChI is InChI=1S/C14H19ClN4O2/c1-11(20)16-17-14(21)10-18-5-7-19(8-6-18)13-4-2-3-12(15)9-13/h2-4,9H,5-8,10H2,1H3,(H,16,20)(H,17,21). The van der Waals surface area contributed by atoms with E-state index in [4.69, 9.17) is 11.6 Å². The Labute approximate surface area is 129 Å².